The number of hydrogen-bond acceptors (Lipinski definition) is 4. The van der Waals surface area contributed by atoms with Gasteiger partial charge in [0.15, 0.2) is 0 Å². The van der Waals surface area contributed by atoms with Gasteiger partial charge in [-0.3, -0.25) is 4.55 Å². The summed E-state index contributed by atoms with van der Waals surface area (Å²) in [5, 5.41) is 0. The maximum absolute atomic E-state index is 12.7. The van der Waals surface area contributed by atoms with Crippen LogP contribution < -0.4 is 4.74 Å². The van der Waals surface area contributed by atoms with Crippen molar-refractivity contribution < 1.29 is 26.8 Å². The Morgan fingerprint density at radius 1 is 1.26 bits per heavy atom. The van der Waals surface area contributed by atoms with Crippen LogP contribution >= 0.6 is 0 Å². The summed E-state index contributed by atoms with van der Waals surface area (Å²) >= 11 is 0. The van der Waals surface area contributed by atoms with E-state index in [2.05, 4.69) is 0 Å². The average Bonchev–Trinajstić information content (AvgIpc) is 2.33. The van der Waals surface area contributed by atoms with Crippen LogP contribution in [0.15, 0.2) is 24.3 Å². The van der Waals surface area contributed by atoms with E-state index in [1.54, 1.807) is 6.92 Å². The Balaban J connectivity index is 2.54. The van der Waals surface area contributed by atoms with Gasteiger partial charge < -0.3 is 9.47 Å². The lowest BCUT2D eigenvalue weighted by Crippen LogP contribution is -2.26. The summed E-state index contributed by atoms with van der Waals surface area (Å²) < 4.78 is 53.7. The van der Waals surface area contributed by atoms with Gasteiger partial charge in [0, 0.05) is 12.5 Å². The molecule has 19 heavy (non-hydrogen) atoms. The molecular weight excluding hydrogens is 275 g/mol. The van der Waals surface area contributed by atoms with E-state index in [0.717, 1.165) is 0 Å². The van der Waals surface area contributed by atoms with Gasteiger partial charge in [-0.15, -0.1) is 0 Å². The largest absolute Gasteiger partial charge is 0.493 e. The van der Waals surface area contributed by atoms with Crippen molar-refractivity contribution in [1.82, 2.24) is 0 Å². The van der Waals surface area contributed by atoms with Crippen molar-refractivity contribution >= 4 is 10.1 Å². The van der Waals surface area contributed by atoms with E-state index >= 15 is 0 Å². The molecule has 5 nitrogen and oxygen atoms in total. The van der Waals surface area contributed by atoms with Crippen LogP contribution in [0, 0.1) is 11.7 Å². The van der Waals surface area contributed by atoms with Crippen LogP contribution in [0.1, 0.15) is 6.92 Å². The third kappa shape index (κ3) is 7.09. The fraction of sp³-hybridized carbons (Fsp3) is 0.500. The normalized spacial score (nSPS) is 13.2. The minimum Gasteiger partial charge on any atom is -0.493 e. The Kier molecular flexibility index (Phi) is 6.20. The Bertz CT molecular complexity index is 471. The van der Waals surface area contributed by atoms with Gasteiger partial charge in [0.25, 0.3) is 10.1 Å². The highest BCUT2D eigenvalue weighted by molar-refractivity contribution is 7.85. The topological polar surface area (TPSA) is 72.8 Å². The molecule has 0 aliphatic heterocycles. The first-order valence-corrected chi connectivity index (χ1v) is 7.43. The zero-order chi connectivity index (χ0) is 14.3. The molecule has 1 unspecified atom stereocenters. The van der Waals surface area contributed by atoms with Crippen molar-refractivity contribution in [3.8, 4) is 5.75 Å². The quantitative estimate of drug-likeness (QED) is 0.739. The van der Waals surface area contributed by atoms with Crippen LogP contribution in [0.3, 0.4) is 0 Å². The van der Waals surface area contributed by atoms with E-state index in [1.165, 1.54) is 24.3 Å². The van der Waals surface area contributed by atoms with E-state index in [-0.39, 0.29) is 19.0 Å². The molecule has 0 fully saturated rings. The van der Waals surface area contributed by atoms with Gasteiger partial charge >= 0.3 is 0 Å². The second-order valence-electron chi connectivity index (χ2n) is 4.04. The Labute approximate surface area is 112 Å². The Morgan fingerprint density at radius 2 is 1.89 bits per heavy atom. The van der Waals surface area contributed by atoms with Crippen molar-refractivity contribution in [2.75, 3.05) is 25.6 Å². The maximum Gasteiger partial charge on any atom is 0.265 e. The van der Waals surface area contributed by atoms with Gasteiger partial charge in [0.2, 0.25) is 0 Å². The van der Waals surface area contributed by atoms with E-state index in [9.17, 15) is 12.8 Å². The van der Waals surface area contributed by atoms with Gasteiger partial charge in [-0.2, -0.15) is 8.42 Å². The molecule has 0 bridgehead atoms. The van der Waals surface area contributed by atoms with E-state index in [1.807, 2.05) is 0 Å². The predicted octanol–water partition coefficient (Wildman–Crippen LogP) is 1.75. The second-order valence-corrected chi connectivity index (χ2v) is 5.54. The first-order valence-electron chi connectivity index (χ1n) is 5.82. The second kappa shape index (κ2) is 7.42. The lowest BCUT2D eigenvalue weighted by Gasteiger charge is -2.16. The molecule has 1 rings (SSSR count). The molecule has 1 N–H and O–H groups in total. The summed E-state index contributed by atoms with van der Waals surface area (Å²) in [7, 11) is -4.08. The van der Waals surface area contributed by atoms with Crippen LogP contribution in [0.5, 0.6) is 5.75 Å². The first kappa shape index (κ1) is 15.9. The number of rotatable bonds is 8. The summed E-state index contributed by atoms with van der Waals surface area (Å²) in [5.41, 5.74) is 0. The molecular formula is C12H17FO5S. The molecule has 1 atom stereocenters. The van der Waals surface area contributed by atoms with Crippen LogP contribution in [0.25, 0.3) is 0 Å². The third-order valence-electron chi connectivity index (χ3n) is 2.30. The smallest absolute Gasteiger partial charge is 0.265 e. The van der Waals surface area contributed by atoms with E-state index < -0.39 is 21.8 Å². The molecule has 1 aromatic rings. The standard InChI is InChI=1S/C12H17FO5S/c1-2-17-7-10(9-19(14,15)16)8-18-12-5-3-11(13)4-6-12/h3-6,10H,2,7-9H2,1H3,(H,14,15,16). The molecule has 0 aliphatic carbocycles. The zero-order valence-electron chi connectivity index (χ0n) is 10.6. The average molecular weight is 292 g/mol. The molecule has 0 saturated carbocycles. The lowest BCUT2D eigenvalue weighted by molar-refractivity contribution is 0.0943. The number of benzene rings is 1. The third-order valence-corrected chi connectivity index (χ3v) is 3.20. The van der Waals surface area contributed by atoms with E-state index in [4.69, 9.17) is 14.0 Å². The fourth-order valence-corrected chi connectivity index (χ4v) is 2.26. The fourth-order valence-electron chi connectivity index (χ4n) is 1.47. The van der Waals surface area contributed by atoms with Gasteiger partial charge in [-0.1, -0.05) is 0 Å². The first-order chi connectivity index (χ1) is 8.90. The number of ether oxygens (including phenoxy) is 2. The molecule has 0 spiro atoms. The maximum atomic E-state index is 12.7. The van der Waals surface area contributed by atoms with Gasteiger partial charge in [0.05, 0.1) is 19.0 Å². The molecule has 0 aromatic heterocycles. The van der Waals surface area contributed by atoms with Crippen LogP contribution in [-0.4, -0.2) is 38.5 Å². The number of hydrogen-bond donors (Lipinski definition) is 1. The zero-order valence-corrected chi connectivity index (χ0v) is 11.4. The highest BCUT2D eigenvalue weighted by Crippen LogP contribution is 2.13. The summed E-state index contributed by atoms with van der Waals surface area (Å²) in [5.74, 6) is -0.872. The molecule has 0 aliphatic rings. The van der Waals surface area contributed by atoms with Crippen molar-refractivity contribution in [3.05, 3.63) is 30.1 Å². The molecule has 108 valence electrons. The Morgan fingerprint density at radius 3 is 2.42 bits per heavy atom. The highest BCUT2D eigenvalue weighted by Gasteiger charge is 2.18. The summed E-state index contributed by atoms with van der Waals surface area (Å²) in [6.45, 7) is 2.45. The van der Waals surface area contributed by atoms with Crippen molar-refractivity contribution in [2.24, 2.45) is 5.92 Å². The Hall–Kier alpha value is -1.18. The van der Waals surface area contributed by atoms with Crippen LogP contribution in [-0.2, 0) is 14.9 Å². The minimum absolute atomic E-state index is 0.0609. The van der Waals surface area contributed by atoms with Crippen molar-refractivity contribution in [2.45, 2.75) is 6.92 Å². The highest BCUT2D eigenvalue weighted by atomic mass is 32.2. The van der Waals surface area contributed by atoms with Gasteiger partial charge in [0.1, 0.15) is 11.6 Å². The number of halogens is 1. The van der Waals surface area contributed by atoms with Crippen molar-refractivity contribution in [1.29, 1.82) is 0 Å². The minimum atomic E-state index is -4.08. The molecule has 7 heteroatoms. The lowest BCUT2D eigenvalue weighted by atomic mass is 10.2. The van der Waals surface area contributed by atoms with Crippen LogP contribution in [0.4, 0.5) is 4.39 Å². The summed E-state index contributed by atoms with van der Waals surface area (Å²) in [4.78, 5) is 0. The molecule has 0 heterocycles. The molecule has 0 radical (unpaired) electrons. The van der Waals surface area contributed by atoms with Crippen molar-refractivity contribution in [3.63, 3.8) is 0 Å². The predicted molar refractivity (Wildman–Crippen MR) is 68.3 cm³/mol. The molecule has 1 aromatic carbocycles. The summed E-state index contributed by atoms with van der Waals surface area (Å²) in [6, 6.07) is 5.38. The van der Waals surface area contributed by atoms with Gasteiger partial charge in [-0.25, -0.2) is 4.39 Å². The van der Waals surface area contributed by atoms with Gasteiger partial charge in [-0.05, 0) is 31.2 Å². The molecule has 0 saturated heterocycles. The van der Waals surface area contributed by atoms with Crippen LogP contribution in [0.2, 0.25) is 0 Å². The van der Waals surface area contributed by atoms with E-state index in [0.29, 0.717) is 12.4 Å². The summed E-state index contributed by atoms with van der Waals surface area (Å²) in [6.07, 6.45) is 0. The molecule has 0 amide bonds. The SMILES string of the molecule is CCOCC(COc1ccc(F)cc1)CS(=O)(=O)O. The monoisotopic (exact) mass is 292 g/mol.